The van der Waals surface area contributed by atoms with Gasteiger partial charge in [0, 0.05) is 6.42 Å². The van der Waals surface area contributed by atoms with Crippen LogP contribution >= 0.6 is 11.3 Å². The predicted molar refractivity (Wildman–Crippen MR) is 112 cm³/mol. The number of phenolic OH excluding ortho intramolecular Hbond substituents is 1. The molecule has 0 fully saturated rings. The van der Waals surface area contributed by atoms with Crippen molar-refractivity contribution in [3.63, 3.8) is 0 Å². The van der Waals surface area contributed by atoms with E-state index in [0.717, 1.165) is 16.9 Å². The Morgan fingerprint density at radius 3 is 2.60 bits per heavy atom. The highest BCUT2D eigenvalue weighted by atomic mass is 32.1. The number of nitrogens with one attached hydrogen (secondary N) is 1. The highest BCUT2D eigenvalue weighted by molar-refractivity contribution is 7.09. The van der Waals surface area contributed by atoms with Crippen LogP contribution in [0.25, 0.3) is 0 Å². The Bertz CT molecular complexity index is 1160. The number of hydrogen-bond acceptors (Lipinski definition) is 7. The molecule has 1 aliphatic heterocycles. The molecule has 2 aromatic carbocycles. The van der Waals surface area contributed by atoms with Crippen molar-refractivity contribution in [1.82, 2.24) is 4.98 Å². The summed E-state index contributed by atoms with van der Waals surface area (Å²) in [5.41, 5.74) is 1.12. The number of aromatic nitrogens is 1. The molecule has 7 nitrogen and oxygen atoms in total. The molecule has 4 rings (SSSR count). The van der Waals surface area contributed by atoms with Crippen LogP contribution in [-0.4, -0.2) is 33.2 Å². The molecule has 0 saturated carbocycles. The van der Waals surface area contributed by atoms with Crippen LogP contribution < -0.4 is 14.3 Å². The van der Waals surface area contributed by atoms with Crippen molar-refractivity contribution in [2.45, 2.75) is 32.3 Å². The van der Waals surface area contributed by atoms with E-state index >= 15 is 0 Å². The summed E-state index contributed by atoms with van der Waals surface area (Å²) in [6, 6.07) is 10.4. The number of benzene rings is 2. The number of ketones is 1. The maximum Gasteiger partial charge on any atom is 0.307 e. The van der Waals surface area contributed by atoms with Gasteiger partial charge in [-0.05, 0) is 49.2 Å². The summed E-state index contributed by atoms with van der Waals surface area (Å²) in [7, 11) is 0. The molecule has 3 aromatic rings. The number of phenols is 1. The Balaban J connectivity index is 1.43. The number of ether oxygens (including phenoxy) is 2. The Kier molecular flexibility index (Phi) is 5.03. The molecule has 0 saturated heterocycles. The van der Waals surface area contributed by atoms with E-state index in [1.165, 1.54) is 6.07 Å². The molecule has 156 valence electrons. The number of aromatic hydroxyl groups is 2. The fourth-order valence-electron chi connectivity index (χ4n) is 3.39. The van der Waals surface area contributed by atoms with Crippen molar-refractivity contribution < 1.29 is 24.5 Å². The fraction of sp³-hybridized carbons (Fsp3) is 0.273. The summed E-state index contributed by atoms with van der Waals surface area (Å²) in [5, 5.41) is 19.5. The van der Waals surface area contributed by atoms with E-state index in [1.54, 1.807) is 25.1 Å². The van der Waals surface area contributed by atoms with Gasteiger partial charge in [0.05, 0.1) is 16.9 Å². The topological polar surface area (TPSA) is 109 Å². The third-order valence-corrected chi connectivity index (χ3v) is 5.89. The molecule has 0 amide bonds. The van der Waals surface area contributed by atoms with Crippen LogP contribution in [0, 0.1) is 6.92 Å². The van der Waals surface area contributed by atoms with Crippen LogP contribution in [0.3, 0.4) is 0 Å². The van der Waals surface area contributed by atoms with E-state index in [9.17, 15) is 19.8 Å². The summed E-state index contributed by atoms with van der Waals surface area (Å²) in [6.07, 6.45) is 0.583. The lowest BCUT2D eigenvalue weighted by atomic mass is 9.91. The van der Waals surface area contributed by atoms with E-state index in [4.69, 9.17) is 9.47 Å². The molecule has 0 radical (unpaired) electrons. The van der Waals surface area contributed by atoms with Gasteiger partial charge in [-0.1, -0.05) is 23.5 Å². The SMILES string of the molecule is Cc1cc2c(cc1O)C(=O)CC(C)(COc1ccc(Cc3sc(=O)[nH]c3O)cc1)O2. The van der Waals surface area contributed by atoms with E-state index in [-0.39, 0.29) is 35.3 Å². The zero-order valence-corrected chi connectivity index (χ0v) is 17.3. The average Bonchev–Trinajstić information content (AvgIpc) is 3.00. The molecular formula is C22H21NO6S. The van der Waals surface area contributed by atoms with E-state index in [0.29, 0.717) is 33.9 Å². The highest BCUT2D eigenvalue weighted by Crippen LogP contribution is 2.37. The number of H-pyrrole nitrogens is 1. The largest absolute Gasteiger partial charge is 0.508 e. The first kappa shape index (κ1) is 20.0. The number of hydrogen-bond donors (Lipinski definition) is 3. The molecular weight excluding hydrogens is 406 g/mol. The van der Waals surface area contributed by atoms with Crippen molar-refractivity contribution in [3.05, 3.63) is 67.6 Å². The maximum absolute atomic E-state index is 12.5. The molecule has 1 aromatic heterocycles. The molecule has 1 atom stereocenters. The Hall–Kier alpha value is -3.26. The van der Waals surface area contributed by atoms with Gasteiger partial charge < -0.3 is 19.7 Å². The van der Waals surface area contributed by atoms with Crippen LogP contribution in [0.5, 0.6) is 23.1 Å². The second-order valence-electron chi connectivity index (χ2n) is 7.68. The van der Waals surface area contributed by atoms with Gasteiger partial charge in [0.25, 0.3) is 0 Å². The average molecular weight is 427 g/mol. The van der Waals surface area contributed by atoms with Crippen LogP contribution in [0.15, 0.2) is 41.2 Å². The number of fused-ring (bicyclic) bond motifs is 1. The van der Waals surface area contributed by atoms with Crippen molar-refractivity contribution >= 4 is 17.1 Å². The third-order valence-electron chi connectivity index (χ3n) is 5.02. The second-order valence-corrected chi connectivity index (χ2v) is 8.75. The number of rotatable bonds is 5. The van der Waals surface area contributed by atoms with Gasteiger partial charge in [0.1, 0.15) is 29.5 Å². The monoisotopic (exact) mass is 427 g/mol. The fourth-order valence-corrected chi connectivity index (χ4v) is 4.14. The normalized spacial score (nSPS) is 18.0. The second kappa shape index (κ2) is 7.53. The Morgan fingerprint density at radius 2 is 1.93 bits per heavy atom. The number of aromatic amines is 1. The highest BCUT2D eigenvalue weighted by Gasteiger charge is 2.38. The van der Waals surface area contributed by atoms with Gasteiger partial charge in [-0.25, -0.2) is 0 Å². The Morgan fingerprint density at radius 1 is 1.20 bits per heavy atom. The number of aryl methyl sites for hydroxylation is 1. The van der Waals surface area contributed by atoms with Gasteiger partial charge in [-0.2, -0.15) is 0 Å². The number of carbonyl (C=O) groups excluding carboxylic acids is 1. The summed E-state index contributed by atoms with van der Waals surface area (Å²) < 4.78 is 11.9. The maximum atomic E-state index is 12.5. The summed E-state index contributed by atoms with van der Waals surface area (Å²) in [4.78, 5) is 26.5. The minimum atomic E-state index is -0.824. The molecule has 1 unspecified atom stereocenters. The standard InChI is InChI=1S/C22H21NO6S/c1-12-7-18-15(9-16(12)24)17(25)10-22(2,29-18)11-28-14-5-3-13(4-6-14)8-19-20(26)23-21(27)30-19/h3-7,9,24,26H,8,10-11H2,1-2H3,(H,23,27). The van der Waals surface area contributed by atoms with E-state index in [2.05, 4.69) is 4.98 Å². The van der Waals surface area contributed by atoms with Crippen molar-refractivity contribution in [2.75, 3.05) is 6.61 Å². The molecule has 3 N–H and O–H groups in total. The molecule has 8 heteroatoms. The molecule has 0 bridgehead atoms. The van der Waals surface area contributed by atoms with E-state index in [1.807, 2.05) is 19.1 Å². The summed E-state index contributed by atoms with van der Waals surface area (Å²) >= 11 is 0.982. The summed E-state index contributed by atoms with van der Waals surface area (Å²) in [5.74, 6) is 0.953. The first-order valence-electron chi connectivity index (χ1n) is 9.41. The molecule has 1 aliphatic rings. The van der Waals surface area contributed by atoms with Gasteiger partial charge in [0.2, 0.25) is 5.88 Å². The lowest BCUT2D eigenvalue weighted by Gasteiger charge is -2.34. The van der Waals surface area contributed by atoms with E-state index < -0.39 is 5.60 Å². The number of Topliss-reactive ketones (excluding diaryl/α,β-unsaturated/α-hetero) is 1. The first-order chi connectivity index (χ1) is 14.2. The molecule has 0 aliphatic carbocycles. The minimum absolute atomic E-state index is 0.0749. The third kappa shape index (κ3) is 4.04. The van der Waals surface area contributed by atoms with Crippen molar-refractivity contribution in [3.8, 4) is 23.1 Å². The first-order valence-corrected chi connectivity index (χ1v) is 10.2. The zero-order valence-electron chi connectivity index (χ0n) is 16.5. The van der Waals surface area contributed by atoms with Crippen molar-refractivity contribution in [2.24, 2.45) is 0 Å². The molecule has 30 heavy (non-hydrogen) atoms. The summed E-state index contributed by atoms with van der Waals surface area (Å²) in [6.45, 7) is 3.75. The van der Waals surface area contributed by atoms with Gasteiger partial charge >= 0.3 is 4.87 Å². The van der Waals surface area contributed by atoms with Crippen LogP contribution in [0.1, 0.15) is 39.7 Å². The van der Waals surface area contributed by atoms with Crippen LogP contribution in [0.4, 0.5) is 0 Å². The number of carbonyl (C=O) groups is 1. The molecule has 0 spiro atoms. The number of thiazole rings is 1. The quantitative estimate of drug-likeness (QED) is 0.575. The molecule has 2 heterocycles. The zero-order chi connectivity index (χ0) is 21.5. The van der Waals surface area contributed by atoms with Gasteiger partial charge in [0.15, 0.2) is 5.78 Å². The Labute approximate surface area is 176 Å². The van der Waals surface area contributed by atoms with Crippen LogP contribution in [0.2, 0.25) is 0 Å². The van der Waals surface area contributed by atoms with Crippen molar-refractivity contribution in [1.29, 1.82) is 0 Å². The van der Waals surface area contributed by atoms with Gasteiger partial charge in [-0.3, -0.25) is 14.6 Å². The van der Waals surface area contributed by atoms with Crippen LogP contribution in [-0.2, 0) is 6.42 Å². The lowest BCUT2D eigenvalue weighted by molar-refractivity contribution is 0.0189. The lowest BCUT2D eigenvalue weighted by Crippen LogP contribution is -2.44. The smallest absolute Gasteiger partial charge is 0.307 e. The van der Waals surface area contributed by atoms with Gasteiger partial charge in [-0.15, -0.1) is 0 Å². The minimum Gasteiger partial charge on any atom is -0.508 e. The predicted octanol–water partition coefficient (Wildman–Crippen LogP) is 3.55.